The predicted octanol–water partition coefficient (Wildman–Crippen LogP) is 1.98. The first-order valence-corrected chi connectivity index (χ1v) is 8.68. The van der Waals surface area contributed by atoms with Crippen molar-refractivity contribution in [1.82, 2.24) is 29.4 Å². The lowest BCUT2D eigenvalue weighted by molar-refractivity contribution is 0.0787. The highest BCUT2D eigenvalue weighted by Crippen LogP contribution is 2.23. The van der Waals surface area contributed by atoms with Crippen LogP contribution in [0.4, 0.5) is 0 Å². The van der Waals surface area contributed by atoms with E-state index in [1.54, 1.807) is 37.1 Å². The standard InChI is InChI=1S/C19H20N6O/c1-24-9-7-21-18(24)17-11-16(22-13-23-17)10-14-4-8-25(12-14)19(26)15-2-5-20-6-3-15/h2-3,5-7,9,11,13-14H,4,8,10,12H2,1H3/t14-/m0/s1. The molecule has 1 atom stereocenters. The highest BCUT2D eigenvalue weighted by atomic mass is 16.2. The third kappa shape index (κ3) is 3.33. The molecule has 26 heavy (non-hydrogen) atoms. The fourth-order valence-electron chi connectivity index (χ4n) is 3.40. The number of pyridine rings is 1. The predicted molar refractivity (Wildman–Crippen MR) is 96.2 cm³/mol. The Kier molecular flexibility index (Phi) is 4.43. The van der Waals surface area contributed by atoms with Gasteiger partial charge in [-0.25, -0.2) is 15.0 Å². The number of amides is 1. The zero-order chi connectivity index (χ0) is 17.9. The summed E-state index contributed by atoms with van der Waals surface area (Å²) in [5.41, 5.74) is 2.51. The van der Waals surface area contributed by atoms with Gasteiger partial charge in [-0.2, -0.15) is 0 Å². The van der Waals surface area contributed by atoms with Crippen LogP contribution in [0.1, 0.15) is 22.5 Å². The van der Waals surface area contributed by atoms with E-state index in [2.05, 4.69) is 19.9 Å². The minimum atomic E-state index is 0.0753. The molecule has 1 saturated heterocycles. The van der Waals surface area contributed by atoms with E-state index in [1.807, 2.05) is 28.8 Å². The maximum absolute atomic E-state index is 12.6. The number of hydrogen-bond acceptors (Lipinski definition) is 5. The van der Waals surface area contributed by atoms with Crippen LogP contribution in [0.15, 0.2) is 49.3 Å². The lowest BCUT2D eigenvalue weighted by atomic mass is 10.0. The monoisotopic (exact) mass is 348 g/mol. The number of aromatic nitrogens is 5. The second-order valence-electron chi connectivity index (χ2n) is 6.60. The molecule has 4 rings (SSSR count). The van der Waals surface area contributed by atoms with Crippen LogP contribution in [0.25, 0.3) is 11.5 Å². The largest absolute Gasteiger partial charge is 0.338 e. The first-order valence-electron chi connectivity index (χ1n) is 8.68. The molecule has 3 aromatic rings. The SMILES string of the molecule is Cn1ccnc1-c1cc(C[C@@H]2CCN(C(=O)c3ccncc3)C2)ncn1. The van der Waals surface area contributed by atoms with Crippen LogP contribution in [0.5, 0.6) is 0 Å². The summed E-state index contributed by atoms with van der Waals surface area (Å²) in [4.78, 5) is 31.5. The molecule has 1 aliphatic heterocycles. The smallest absolute Gasteiger partial charge is 0.253 e. The Morgan fingerprint density at radius 1 is 1.19 bits per heavy atom. The molecule has 0 bridgehead atoms. The van der Waals surface area contributed by atoms with Gasteiger partial charge in [0.05, 0.1) is 0 Å². The van der Waals surface area contributed by atoms with E-state index in [0.29, 0.717) is 11.5 Å². The topological polar surface area (TPSA) is 76.8 Å². The van der Waals surface area contributed by atoms with Crippen molar-refractivity contribution in [2.45, 2.75) is 12.8 Å². The summed E-state index contributed by atoms with van der Waals surface area (Å²) in [6, 6.07) is 5.52. The number of nitrogens with zero attached hydrogens (tertiary/aromatic N) is 6. The fourth-order valence-corrected chi connectivity index (χ4v) is 3.40. The average molecular weight is 348 g/mol. The summed E-state index contributed by atoms with van der Waals surface area (Å²) in [6.45, 7) is 1.53. The molecule has 0 radical (unpaired) electrons. The number of rotatable bonds is 4. The number of carbonyl (C=O) groups is 1. The van der Waals surface area contributed by atoms with Crippen molar-refractivity contribution in [3.63, 3.8) is 0 Å². The first-order chi connectivity index (χ1) is 12.7. The Morgan fingerprint density at radius 3 is 2.81 bits per heavy atom. The zero-order valence-corrected chi connectivity index (χ0v) is 14.6. The maximum atomic E-state index is 12.6. The maximum Gasteiger partial charge on any atom is 0.253 e. The van der Waals surface area contributed by atoms with Crippen LogP contribution in [-0.4, -0.2) is 48.4 Å². The van der Waals surface area contributed by atoms with Crippen molar-refractivity contribution in [1.29, 1.82) is 0 Å². The van der Waals surface area contributed by atoms with Gasteiger partial charge < -0.3 is 9.47 Å². The molecule has 3 aromatic heterocycles. The Bertz CT molecular complexity index is 907. The van der Waals surface area contributed by atoms with E-state index in [-0.39, 0.29) is 5.91 Å². The molecule has 0 spiro atoms. The molecular weight excluding hydrogens is 328 g/mol. The minimum absolute atomic E-state index is 0.0753. The van der Waals surface area contributed by atoms with Gasteiger partial charge in [-0.3, -0.25) is 9.78 Å². The molecule has 0 aliphatic carbocycles. The van der Waals surface area contributed by atoms with E-state index in [9.17, 15) is 4.79 Å². The van der Waals surface area contributed by atoms with E-state index in [1.165, 1.54) is 0 Å². The van der Waals surface area contributed by atoms with E-state index >= 15 is 0 Å². The summed E-state index contributed by atoms with van der Waals surface area (Å²) >= 11 is 0. The molecule has 132 valence electrons. The third-order valence-electron chi connectivity index (χ3n) is 4.77. The van der Waals surface area contributed by atoms with E-state index in [0.717, 1.165) is 43.1 Å². The Morgan fingerprint density at radius 2 is 2.04 bits per heavy atom. The fraction of sp³-hybridized carbons (Fsp3) is 0.316. The number of carbonyl (C=O) groups excluding carboxylic acids is 1. The molecule has 7 heteroatoms. The zero-order valence-electron chi connectivity index (χ0n) is 14.6. The average Bonchev–Trinajstić information content (AvgIpc) is 3.31. The van der Waals surface area contributed by atoms with Crippen molar-refractivity contribution in [3.8, 4) is 11.5 Å². The van der Waals surface area contributed by atoms with Gasteiger partial charge in [-0.1, -0.05) is 0 Å². The molecule has 7 nitrogen and oxygen atoms in total. The number of likely N-dealkylation sites (tertiary alicyclic amines) is 1. The van der Waals surface area contributed by atoms with Crippen LogP contribution in [-0.2, 0) is 13.5 Å². The van der Waals surface area contributed by atoms with Gasteiger partial charge in [0.25, 0.3) is 5.91 Å². The molecule has 1 fully saturated rings. The molecule has 0 unspecified atom stereocenters. The summed E-state index contributed by atoms with van der Waals surface area (Å²) in [5.74, 6) is 1.31. The van der Waals surface area contributed by atoms with Gasteiger partial charge in [0.1, 0.15) is 12.0 Å². The van der Waals surface area contributed by atoms with Gasteiger partial charge in [0.15, 0.2) is 5.82 Å². The molecule has 0 N–H and O–H groups in total. The Labute approximate surface area is 151 Å². The van der Waals surface area contributed by atoms with Gasteiger partial charge in [0, 0.05) is 56.2 Å². The summed E-state index contributed by atoms with van der Waals surface area (Å²) < 4.78 is 1.94. The van der Waals surface area contributed by atoms with Crippen molar-refractivity contribution in [3.05, 3.63) is 60.6 Å². The lowest BCUT2D eigenvalue weighted by Gasteiger charge is -2.16. The third-order valence-corrected chi connectivity index (χ3v) is 4.77. The first kappa shape index (κ1) is 16.4. The Balaban J connectivity index is 1.43. The van der Waals surface area contributed by atoms with Crippen molar-refractivity contribution < 1.29 is 4.79 Å². The van der Waals surface area contributed by atoms with Crippen LogP contribution >= 0.6 is 0 Å². The normalized spacial score (nSPS) is 16.8. The van der Waals surface area contributed by atoms with Gasteiger partial charge >= 0.3 is 0 Å². The van der Waals surface area contributed by atoms with Crippen molar-refractivity contribution >= 4 is 5.91 Å². The number of aryl methyl sites for hydroxylation is 1. The number of hydrogen-bond donors (Lipinski definition) is 0. The number of imidazole rings is 1. The van der Waals surface area contributed by atoms with Crippen LogP contribution < -0.4 is 0 Å². The minimum Gasteiger partial charge on any atom is -0.338 e. The molecular formula is C19H20N6O. The van der Waals surface area contributed by atoms with E-state index < -0.39 is 0 Å². The second kappa shape index (κ2) is 7.03. The highest BCUT2D eigenvalue weighted by Gasteiger charge is 2.27. The van der Waals surface area contributed by atoms with Crippen LogP contribution in [0, 0.1) is 5.92 Å². The molecule has 4 heterocycles. The van der Waals surface area contributed by atoms with E-state index in [4.69, 9.17) is 0 Å². The Hall–Kier alpha value is -3.09. The van der Waals surface area contributed by atoms with Crippen molar-refractivity contribution in [2.24, 2.45) is 13.0 Å². The van der Waals surface area contributed by atoms with Gasteiger partial charge in [-0.15, -0.1) is 0 Å². The van der Waals surface area contributed by atoms with Crippen LogP contribution in [0.3, 0.4) is 0 Å². The lowest BCUT2D eigenvalue weighted by Crippen LogP contribution is -2.29. The molecule has 1 aliphatic rings. The van der Waals surface area contributed by atoms with Crippen molar-refractivity contribution in [2.75, 3.05) is 13.1 Å². The summed E-state index contributed by atoms with van der Waals surface area (Å²) in [7, 11) is 1.95. The molecule has 1 amide bonds. The van der Waals surface area contributed by atoms with Gasteiger partial charge in [0.2, 0.25) is 0 Å². The van der Waals surface area contributed by atoms with Crippen LogP contribution in [0.2, 0.25) is 0 Å². The quantitative estimate of drug-likeness (QED) is 0.720. The van der Waals surface area contributed by atoms with Gasteiger partial charge in [-0.05, 0) is 37.0 Å². The molecule has 0 aromatic carbocycles. The highest BCUT2D eigenvalue weighted by molar-refractivity contribution is 5.94. The second-order valence-corrected chi connectivity index (χ2v) is 6.60. The molecule has 0 saturated carbocycles. The summed E-state index contributed by atoms with van der Waals surface area (Å²) in [5, 5.41) is 0. The summed E-state index contributed by atoms with van der Waals surface area (Å²) in [6.07, 6.45) is 10.4.